The molecule has 0 bridgehead atoms. The highest BCUT2D eigenvalue weighted by Gasteiger charge is 2.27. The van der Waals surface area contributed by atoms with Gasteiger partial charge in [-0.25, -0.2) is 0 Å². The Balaban J connectivity index is 2.38. The van der Waals surface area contributed by atoms with Gasteiger partial charge in [-0.15, -0.1) is 0 Å². The van der Waals surface area contributed by atoms with Gasteiger partial charge in [0.2, 0.25) is 0 Å². The van der Waals surface area contributed by atoms with Crippen molar-refractivity contribution < 1.29 is 4.79 Å². The first-order valence-corrected chi connectivity index (χ1v) is 5.47. The Labute approximate surface area is 96.4 Å². The third kappa shape index (κ3) is 1.85. The second-order valence-corrected chi connectivity index (χ2v) is 4.52. The lowest BCUT2D eigenvalue weighted by Crippen LogP contribution is -2.56. The van der Waals surface area contributed by atoms with Crippen molar-refractivity contribution in [3.63, 3.8) is 0 Å². The van der Waals surface area contributed by atoms with E-state index in [2.05, 4.69) is 20.8 Å². The normalized spacial score (nSPS) is 16.3. The minimum absolute atomic E-state index is 0.199. The van der Waals surface area contributed by atoms with Gasteiger partial charge in [0.15, 0.2) is 0 Å². The summed E-state index contributed by atoms with van der Waals surface area (Å²) in [6, 6.07) is 5.78. The smallest absolute Gasteiger partial charge is 0.251 e. The molecule has 2 rings (SSSR count). The van der Waals surface area contributed by atoms with Crippen molar-refractivity contribution >= 4 is 27.5 Å². The topological polar surface area (TPSA) is 72.4 Å². The predicted octanol–water partition coefficient (Wildman–Crippen LogP) is 0.695. The van der Waals surface area contributed by atoms with Crippen LogP contribution in [0.15, 0.2) is 22.7 Å². The van der Waals surface area contributed by atoms with Gasteiger partial charge in [0, 0.05) is 23.6 Å². The largest absolute Gasteiger partial charge is 0.368 e. The summed E-state index contributed by atoms with van der Waals surface area (Å²) in [4.78, 5) is 13.4. The summed E-state index contributed by atoms with van der Waals surface area (Å²) in [5, 5.41) is 0. The quantitative estimate of drug-likeness (QED) is 0.830. The highest BCUT2D eigenvalue weighted by atomic mass is 79.9. The number of hydrogen-bond acceptors (Lipinski definition) is 3. The molecule has 15 heavy (non-hydrogen) atoms. The van der Waals surface area contributed by atoms with Crippen LogP contribution < -0.4 is 16.4 Å². The Kier molecular flexibility index (Phi) is 2.67. The maximum atomic E-state index is 11.3. The van der Waals surface area contributed by atoms with E-state index in [-0.39, 0.29) is 6.04 Å². The van der Waals surface area contributed by atoms with Gasteiger partial charge < -0.3 is 16.4 Å². The van der Waals surface area contributed by atoms with Crippen LogP contribution in [0.3, 0.4) is 0 Å². The average Bonchev–Trinajstić information content (AvgIpc) is 2.12. The summed E-state index contributed by atoms with van der Waals surface area (Å²) in [6.07, 6.45) is 0. The van der Waals surface area contributed by atoms with E-state index < -0.39 is 5.91 Å². The van der Waals surface area contributed by atoms with Crippen LogP contribution in [0.2, 0.25) is 0 Å². The maximum absolute atomic E-state index is 11.3. The number of carbonyl (C=O) groups excluding carboxylic acids is 1. The number of halogens is 1. The van der Waals surface area contributed by atoms with Gasteiger partial charge in [0.05, 0.1) is 11.3 Å². The molecule has 0 spiro atoms. The minimum atomic E-state index is -0.419. The number of rotatable bonds is 2. The molecule has 1 aromatic carbocycles. The monoisotopic (exact) mass is 269 g/mol. The molecule has 4 nitrogen and oxygen atoms in total. The SMILES string of the molecule is NC(=O)c1c(Br)cccc1N1CC(N)C1. The third-order valence-corrected chi connectivity index (χ3v) is 3.15. The summed E-state index contributed by atoms with van der Waals surface area (Å²) in [5.74, 6) is -0.419. The highest BCUT2D eigenvalue weighted by Crippen LogP contribution is 2.29. The fraction of sp³-hybridized carbons (Fsp3) is 0.300. The van der Waals surface area contributed by atoms with Crippen LogP contribution in [0.4, 0.5) is 5.69 Å². The molecular formula is C10H12BrN3O. The second-order valence-electron chi connectivity index (χ2n) is 3.66. The Morgan fingerprint density at radius 3 is 2.67 bits per heavy atom. The lowest BCUT2D eigenvalue weighted by Gasteiger charge is -2.39. The number of anilines is 1. The molecule has 0 unspecified atom stereocenters. The van der Waals surface area contributed by atoms with E-state index in [1.54, 1.807) is 0 Å². The van der Waals surface area contributed by atoms with Crippen molar-refractivity contribution in [1.29, 1.82) is 0 Å². The van der Waals surface area contributed by atoms with Gasteiger partial charge in [-0.05, 0) is 28.1 Å². The molecule has 0 aromatic heterocycles. The highest BCUT2D eigenvalue weighted by molar-refractivity contribution is 9.10. The lowest BCUT2D eigenvalue weighted by atomic mass is 10.1. The van der Waals surface area contributed by atoms with E-state index in [4.69, 9.17) is 11.5 Å². The van der Waals surface area contributed by atoms with E-state index >= 15 is 0 Å². The zero-order valence-electron chi connectivity index (χ0n) is 8.11. The molecule has 0 radical (unpaired) electrons. The summed E-state index contributed by atoms with van der Waals surface area (Å²) >= 11 is 3.33. The van der Waals surface area contributed by atoms with Gasteiger partial charge in [-0.1, -0.05) is 6.07 Å². The molecule has 1 aromatic rings. The van der Waals surface area contributed by atoms with Crippen LogP contribution in [0.1, 0.15) is 10.4 Å². The van der Waals surface area contributed by atoms with Crippen molar-refractivity contribution in [1.82, 2.24) is 0 Å². The first-order valence-electron chi connectivity index (χ1n) is 4.68. The van der Waals surface area contributed by atoms with Gasteiger partial charge in [-0.2, -0.15) is 0 Å². The van der Waals surface area contributed by atoms with Crippen molar-refractivity contribution in [3.8, 4) is 0 Å². The number of amides is 1. The molecule has 0 saturated carbocycles. The predicted molar refractivity (Wildman–Crippen MR) is 62.8 cm³/mol. The summed E-state index contributed by atoms with van der Waals surface area (Å²) in [5.41, 5.74) is 12.4. The van der Waals surface area contributed by atoms with E-state index in [1.807, 2.05) is 18.2 Å². The zero-order valence-corrected chi connectivity index (χ0v) is 9.70. The van der Waals surface area contributed by atoms with Crippen LogP contribution in [0, 0.1) is 0 Å². The second kappa shape index (κ2) is 3.83. The molecule has 1 fully saturated rings. The number of carbonyl (C=O) groups is 1. The third-order valence-electron chi connectivity index (χ3n) is 2.49. The molecule has 1 aliphatic heterocycles. The lowest BCUT2D eigenvalue weighted by molar-refractivity contribution is 0.1000. The molecular weight excluding hydrogens is 258 g/mol. The molecule has 1 aliphatic rings. The molecule has 1 amide bonds. The van der Waals surface area contributed by atoms with Crippen molar-refractivity contribution in [2.45, 2.75) is 6.04 Å². The summed E-state index contributed by atoms with van der Waals surface area (Å²) < 4.78 is 0.730. The van der Waals surface area contributed by atoms with Crippen LogP contribution in [-0.4, -0.2) is 25.0 Å². The maximum Gasteiger partial charge on any atom is 0.251 e. The Hall–Kier alpha value is -1.07. The van der Waals surface area contributed by atoms with Crippen molar-refractivity contribution in [3.05, 3.63) is 28.2 Å². The minimum Gasteiger partial charge on any atom is -0.368 e. The van der Waals surface area contributed by atoms with Gasteiger partial charge in [0.25, 0.3) is 5.91 Å². The Morgan fingerprint density at radius 2 is 2.13 bits per heavy atom. The summed E-state index contributed by atoms with van der Waals surface area (Å²) in [6.45, 7) is 1.55. The van der Waals surface area contributed by atoms with Gasteiger partial charge >= 0.3 is 0 Å². The number of nitrogens with two attached hydrogens (primary N) is 2. The number of primary amides is 1. The standard InChI is InChI=1S/C10H12BrN3O/c11-7-2-1-3-8(9(7)10(13)15)14-4-6(12)5-14/h1-3,6H,4-5,12H2,(H2,13,15). The van der Waals surface area contributed by atoms with Gasteiger partial charge in [0.1, 0.15) is 0 Å². The average molecular weight is 270 g/mol. The number of hydrogen-bond donors (Lipinski definition) is 2. The van der Waals surface area contributed by atoms with Crippen LogP contribution in [0.5, 0.6) is 0 Å². The molecule has 5 heteroatoms. The molecule has 4 N–H and O–H groups in total. The number of nitrogens with zero attached hydrogens (tertiary/aromatic N) is 1. The van der Waals surface area contributed by atoms with Crippen LogP contribution >= 0.6 is 15.9 Å². The molecule has 0 atom stereocenters. The van der Waals surface area contributed by atoms with Gasteiger partial charge in [-0.3, -0.25) is 4.79 Å². The molecule has 80 valence electrons. The van der Waals surface area contributed by atoms with E-state index in [9.17, 15) is 4.79 Å². The Morgan fingerprint density at radius 1 is 1.47 bits per heavy atom. The Bertz CT molecular complexity index is 402. The number of benzene rings is 1. The fourth-order valence-corrected chi connectivity index (χ4v) is 2.28. The van der Waals surface area contributed by atoms with Crippen molar-refractivity contribution in [2.75, 3.05) is 18.0 Å². The first-order chi connectivity index (χ1) is 7.09. The first kappa shape index (κ1) is 10.4. The molecule has 0 aliphatic carbocycles. The van der Waals surface area contributed by atoms with Crippen LogP contribution in [-0.2, 0) is 0 Å². The molecule has 1 heterocycles. The van der Waals surface area contributed by atoms with Crippen LogP contribution in [0.25, 0.3) is 0 Å². The van der Waals surface area contributed by atoms with E-state index in [1.165, 1.54) is 0 Å². The molecule has 1 saturated heterocycles. The fourth-order valence-electron chi connectivity index (χ4n) is 1.73. The van der Waals surface area contributed by atoms with E-state index in [0.29, 0.717) is 5.56 Å². The zero-order chi connectivity index (χ0) is 11.0. The van der Waals surface area contributed by atoms with E-state index in [0.717, 1.165) is 23.2 Å². The summed E-state index contributed by atoms with van der Waals surface area (Å²) in [7, 11) is 0. The van der Waals surface area contributed by atoms with Crippen molar-refractivity contribution in [2.24, 2.45) is 11.5 Å².